The number of esters is 3. The van der Waals surface area contributed by atoms with Gasteiger partial charge in [0.1, 0.15) is 13.2 Å². The number of rotatable bonds is 65. The minimum absolute atomic E-state index is 0.101. The molecule has 1 unspecified atom stereocenters. The Morgan fingerprint density at radius 2 is 0.531 bits per heavy atom. The van der Waals surface area contributed by atoms with E-state index in [1.165, 1.54) is 257 Å². The van der Waals surface area contributed by atoms with Gasteiger partial charge in [-0.1, -0.05) is 351 Å². The fourth-order valence-electron chi connectivity index (χ4n) is 10.5. The van der Waals surface area contributed by atoms with Crippen molar-refractivity contribution in [3.8, 4) is 0 Å². The second-order valence-electron chi connectivity index (χ2n) is 23.8. The van der Waals surface area contributed by atoms with Crippen molar-refractivity contribution in [2.45, 2.75) is 374 Å². The van der Waals surface area contributed by atoms with Crippen LogP contribution in [0.3, 0.4) is 0 Å². The van der Waals surface area contributed by atoms with Crippen LogP contribution in [0.25, 0.3) is 0 Å². The maximum atomic E-state index is 12.9. The molecular formula is C75H134O6. The molecule has 0 aliphatic heterocycles. The Hall–Kier alpha value is -3.15. The van der Waals surface area contributed by atoms with Crippen molar-refractivity contribution in [3.63, 3.8) is 0 Å². The van der Waals surface area contributed by atoms with Gasteiger partial charge >= 0.3 is 17.9 Å². The van der Waals surface area contributed by atoms with E-state index in [9.17, 15) is 14.4 Å². The fraction of sp³-hybridized carbons (Fsp3) is 0.800. The van der Waals surface area contributed by atoms with E-state index in [1.807, 2.05) is 12.2 Å². The lowest BCUT2D eigenvalue weighted by atomic mass is 10.0. The highest BCUT2D eigenvalue weighted by atomic mass is 16.6. The van der Waals surface area contributed by atoms with E-state index in [1.54, 1.807) is 0 Å². The molecule has 0 aromatic carbocycles. The molecule has 1 atom stereocenters. The molecule has 0 fully saturated rings. The molecule has 0 heterocycles. The Labute approximate surface area is 503 Å². The molecule has 0 saturated heterocycles. The van der Waals surface area contributed by atoms with Gasteiger partial charge in [-0.25, -0.2) is 0 Å². The number of hydrogen-bond acceptors (Lipinski definition) is 6. The first kappa shape index (κ1) is 77.9. The van der Waals surface area contributed by atoms with E-state index in [-0.39, 0.29) is 31.6 Å². The monoisotopic (exact) mass is 1130 g/mol. The highest BCUT2D eigenvalue weighted by Crippen LogP contribution is 2.18. The quantitative estimate of drug-likeness (QED) is 0.0261. The average Bonchev–Trinajstić information content (AvgIpc) is 3.47. The highest BCUT2D eigenvalue weighted by Gasteiger charge is 2.19. The van der Waals surface area contributed by atoms with Crippen LogP contribution in [-0.4, -0.2) is 37.2 Å². The number of carbonyl (C=O) groups excluding carboxylic acids is 3. The summed E-state index contributed by atoms with van der Waals surface area (Å²) in [6.07, 6.45) is 91.2. The van der Waals surface area contributed by atoms with Gasteiger partial charge in [-0.15, -0.1) is 0 Å². The second kappa shape index (κ2) is 69.3. The summed E-state index contributed by atoms with van der Waals surface area (Å²) in [7, 11) is 0. The average molecular weight is 1130 g/mol. The number of hydrogen-bond donors (Lipinski definition) is 0. The van der Waals surface area contributed by atoms with Crippen molar-refractivity contribution < 1.29 is 28.6 Å². The number of carbonyl (C=O) groups is 3. The largest absolute Gasteiger partial charge is 0.462 e. The molecule has 0 aromatic heterocycles. The van der Waals surface area contributed by atoms with Crippen molar-refractivity contribution in [3.05, 3.63) is 72.9 Å². The van der Waals surface area contributed by atoms with Crippen molar-refractivity contribution in [2.24, 2.45) is 0 Å². The van der Waals surface area contributed by atoms with Crippen molar-refractivity contribution in [2.75, 3.05) is 13.2 Å². The Morgan fingerprint density at radius 3 is 0.852 bits per heavy atom. The predicted molar refractivity (Wildman–Crippen MR) is 353 cm³/mol. The minimum Gasteiger partial charge on any atom is -0.462 e. The van der Waals surface area contributed by atoms with Gasteiger partial charge < -0.3 is 14.2 Å². The summed E-state index contributed by atoms with van der Waals surface area (Å²) in [6, 6.07) is 0. The summed E-state index contributed by atoms with van der Waals surface area (Å²) in [6.45, 7) is 6.50. The number of ether oxygens (including phenoxy) is 3. The van der Waals surface area contributed by atoms with Gasteiger partial charge in [0.25, 0.3) is 0 Å². The zero-order valence-corrected chi connectivity index (χ0v) is 54.1. The maximum absolute atomic E-state index is 12.9. The Bertz CT molecular complexity index is 1490. The predicted octanol–water partition coefficient (Wildman–Crippen LogP) is 24.4. The zero-order chi connectivity index (χ0) is 58.5. The molecule has 6 heteroatoms. The molecule has 0 bridgehead atoms. The summed E-state index contributed by atoms with van der Waals surface area (Å²) >= 11 is 0. The normalized spacial score (nSPS) is 12.5. The smallest absolute Gasteiger partial charge is 0.309 e. The maximum Gasteiger partial charge on any atom is 0.309 e. The Kier molecular flexibility index (Phi) is 66.6. The van der Waals surface area contributed by atoms with Crippen LogP contribution in [0.1, 0.15) is 367 Å². The summed E-state index contributed by atoms with van der Waals surface area (Å²) in [5.74, 6) is -1.01. The van der Waals surface area contributed by atoms with Gasteiger partial charge in [-0.05, 0) is 70.6 Å². The number of allylic oxidation sites excluding steroid dienone is 11. The summed E-state index contributed by atoms with van der Waals surface area (Å²) in [5.41, 5.74) is 0. The van der Waals surface area contributed by atoms with Gasteiger partial charge in [0.15, 0.2) is 6.10 Å². The van der Waals surface area contributed by atoms with Crippen molar-refractivity contribution in [1.29, 1.82) is 0 Å². The zero-order valence-electron chi connectivity index (χ0n) is 54.1. The van der Waals surface area contributed by atoms with Crippen LogP contribution in [-0.2, 0) is 28.6 Å². The third kappa shape index (κ3) is 67.5. The van der Waals surface area contributed by atoms with E-state index >= 15 is 0 Å². The molecule has 0 rings (SSSR count). The fourth-order valence-corrected chi connectivity index (χ4v) is 10.5. The van der Waals surface area contributed by atoms with Crippen LogP contribution < -0.4 is 0 Å². The summed E-state index contributed by atoms with van der Waals surface area (Å²) in [5, 5.41) is 0. The lowest BCUT2D eigenvalue weighted by Gasteiger charge is -2.18. The first-order valence-corrected chi connectivity index (χ1v) is 35.4. The van der Waals surface area contributed by atoms with E-state index in [2.05, 4.69) is 81.5 Å². The molecular weight excluding hydrogens is 997 g/mol. The molecule has 81 heavy (non-hydrogen) atoms. The van der Waals surface area contributed by atoms with Gasteiger partial charge in [0.2, 0.25) is 0 Å². The van der Waals surface area contributed by atoms with Crippen molar-refractivity contribution >= 4 is 17.9 Å². The van der Waals surface area contributed by atoms with Crippen LogP contribution in [0.15, 0.2) is 72.9 Å². The SMILES string of the molecule is CC/C=C\C/C=C\C/C=C\C/C=C\C/C=C\CC(=O)OCC(COC(=O)CCCCCCCCCCCCCCCCCCCCC/C=C\CCCCCCCCCC)OC(=O)CCCCCCCCCCCCCCCCCCC. The molecule has 6 nitrogen and oxygen atoms in total. The first-order chi connectivity index (χ1) is 40.0. The third-order valence-electron chi connectivity index (χ3n) is 15.7. The van der Waals surface area contributed by atoms with Crippen LogP contribution >= 0.6 is 0 Å². The second-order valence-corrected chi connectivity index (χ2v) is 23.8. The molecule has 0 saturated carbocycles. The molecule has 0 aliphatic carbocycles. The molecule has 0 amide bonds. The molecule has 0 spiro atoms. The Balaban J connectivity index is 4.23. The van der Waals surface area contributed by atoms with Crippen molar-refractivity contribution in [1.82, 2.24) is 0 Å². The molecule has 0 N–H and O–H groups in total. The standard InChI is InChI=1S/C75H134O6/c1-4-7-10-13-16-19-22-25-28-30-31-32-33-34-35-36-37-38-39-40-41-42-43-45-47-50-53-56-59-62-65-68-74(77)80-71-72(70-79-73(76)67-64-61-58-55-52-49-46-27-24-21-18-15-12-9-6-3)81-75(78)69-66-63-60-57-54-51-48-44-29-26-23-20-17-14-11-8-5-2/h9,12,18,21,27,30-31,46,52,55,61,64,72H,4-8,10-11,13-17,19-20,22-26,28-29,32-45,47-51,53-54,56-60,62-63,65-71H2,1-3H3/b12-9-,21-18-,31-30-,46-27-,55-52-,64-61-. The minimum atomic E-state index is -0.814. The van der Waals surface area contributed by atoms with Crippen LogP contribution in [0, 0.1) is 0 Å². The van der Waals surface area contributed by atoms with E-state index in [4.69, 9.17) is 14.2 Å². The van der Waals surface area contributed by atoms with Crippen LogP contribution in [0.2, 0.25) is 0 Å². The lowest BCUT2D eigenvalue weighted by Crippen LogP contribution is -2.30. The molecule has 0 aromatic rings. The molecule has 0 aliphatic rings. The van der Waals surface area contributed by atoms with Gasteiger partial charge in [-0.3, -0.25) is 14.4 Å². The Morgan fingerprint density at radius 1 is 0.272 bits per heavy atom. The first-order valence-electron chi connectivity index (χ1n) is 35.4. The third-order valence-corrected chi connectivity index (χ3v) is 15.7. The van der Waals surface area contributed by atoms with E-state index in [0.29, 0.717) is 12.8 Å². The lowest BCUT2D eigenvalue weighted by molar-refractivity contribution is -0.166. The molecule has 470 valence electrons. The highest BCUT2D eigenvalue weighted by molar-refractivity contribution is 5.72. The van der Waals surface area contributed by atoms with Gasteiger partial charge in [-0.2, -0.15) is 0 Å². The number of unbranched alkanes of at least 4 members (excludes halogenated alkanes) is 43. The summed E-state index contributed by atoms with van der Waals surface area (Å²) in [4.78, 5) is 38.3. The summed E-state index contributed by atoms with van der Waals surface area (Å²) < 4.78 is 16.9. The van der Waals surface area contributed by atoms with E-state index in [0.717, 1.165) is 70.6 Å². The van der Waals surface area contributed by atoms with Crippen LogP contribution in [0.5, 0.6) is 0 Å². The van der Waals surface area contributed by atoms with Gasteiger partial charge in [0.05, 0.1) is 6.42 Å². The van der Waals surface area contributed by atoms with E-state index < -0.39 is 12.1 Å². The van der Waals surface area contributed by atoms with Crippen LogP contribution in [0.4, 0.5) is 0 Å². The topological polar surface area (TPSA) is 78.9 Å². The van der Waals surface area contributed by atoms with Gasteiger partial charge in [0, 0.05) is 12.8 Å². The molecule has 0 radical (unpaired) electrons.